The van der Waals surface area contributed by atoms with Gasteiger partial charge in [0.1, 0.15) is 17.5 Å². The Morgan fingerprint density at radius 2 is 2.05 bits per heavy atom. The van der Waals surface area contributed by atoms with Crippen molar-refractivity contribution >= 4 is 46.7 Å². The molecule has 0 bridgehead atoms. The topological polar surface area (TPSA) is 149 Å². The molecule has 0 radical (unpaired) electrons. The van der Waals surface area contributed by atoms with Gasteiger partial charge in [-0.15, -0.1) is 0 Å². The van der Waals surface area contributed by atoms with Crippen molar-refractivity contribution in [3.8, 4) is 5.75 Å². The molecule has 0 unspecified atom stereocenters. The molecule has 0 aromatic carbocycles. The van der Waals surface area contributed by atoms with Gasteiger partial charge in [-0.25, -0.2) is 4.98 Å². The van der Waals surface area contributed by atoms with Crippen LogP contribution >= 0.6 is 11.6 Å². The molecule has 0 spiro atoms. The minimum absolute atomic E-state index is 0.0426. The number of fused-ring (bicyclic) bond motifs is 1. The number of aromatic amines is 1. The van der Waals surface area contributed by atoms with Crippen LogP contribution < -0.4 is 15.4 Å². The van der Waals surface area contributed by atoms with E-state index in [0.29, 0.717) is 48.1 Å². The maximum atomic E-state index is 13.7. The summed E-state index contributed by atoms with van der Waals surface area (Å²) in [5, 5.41) is 0.0530. The fourth-order valence-electron chi connectivity index (χ4n) is 4.95. The number of ether oxygens (including phenoxy) is 3. The van der Waals surface area contributed by atoms with Crippen LogP contribution in [0, 0.1) is 13.8 Å². The Labute approximate surface area is 242 Å². The lowest BCUT2D eigenvalue weighted by Gasteiger charge is -2.26. The molecule has 0 atom stereocenters. The number of aromatic nitrogens is 4. The van der Waals surface area contributed by atoms with E-state index in [1.165, 1.54) is 4.90 Å². The van der Waals surface area contributed by atoms with Crippen LogP contribution in [-0.2, 0) is 20.8 Å². The highest BCUT2D eigenvalue weighted by molar-refractivity contribution is 6.41. The number of H-pyrrole nitrogens is 1. The lowest BCUT2D eigenvalue weighted by molar-refractivity contribution is -0.113. The third-order valence-electron chi connectivity index (χ3n) is 7.14. The summed E-state index contributed by atoms with van der Waals surface area (Å²) in [5.41, 5.74) is 9.84. The number of halogens is 1. The maximum absolute atomic E-state index is 13.7. The number of anilines is 2. The van der Waals surface area contributed by atoms with Crippen LogP contribution in [0.5, 0.6) is 5.75 Å². The number of methoxy groups -OCH3 is 1. The van der Waals surface area contributed by atoms with Gasteiger partial charge >= 0.3 is 0 Å². The summed E-state index contributed by atoms with van der Waals surface area (Å²) in [6.45, 7) is 8.23. The number of rotatable bonds is 10. The standard InChI is InChI=1S/C28H32ClN7O5/c1-16-12-32-21(17(2)24(16)39-3)14-36-26-23(25(29)33-28(30)34-26)20(27(36)38)11-19-10-18(13-31-19)22(37)15-41-9-6-35-4-7-40-8-5-35/h10-13,31H,4-9,14-15H2,1-3H3,(H2,30,33,34). The lowest BCUT2D eigenvalue weighted by Crippen LogP contribution is -2.38. The van der Waals surface area contributed by atoms with E-state index in [1.54, 1.807) is 31.6 Å². The Hall–Kier alpha value is -3.84. The fourth-order valence-corrected chi connectivity index (χ4v) is 5.23. The van der Waals surface area contributed by atoms with Crippen molar-refractivity contribution < 1.29 is 23.8 Å². The number of carbonyl (C=O) groups is 2. The van der Waals surface area contributed by atoms with E-state index in [-0.39, 0.29) is 47.3 Å². The molecule has 2 aliphatic rings. The molecule has 216 valence electrons. The fraction of sp³-hybridized carbons (Fsp3) is 0.393. The summed E-state index contributed by atoms with van der Waals surface area (Å²) in [7, 11) is 1.59. The SMILES string of the molecule is COc1c(C)cnc(CN2C(=O)C(=Cc3cc(C(=O)COCCN4CCOCC4)c[nH]3)c3c(Cl)nc(N)nc32)c1C. The Kier molecular flexibility index (Phi) is 8.64. The molecule has 3 aromatic heterocycles. The number of nitrogens with one attached hydrogen (secondary N) is 1. The minimum Gasteiger partial charge on any atom is -0.496 e. The zero-order chi connectivity index (χ0) is 29.1. The highest BCUT2D eigenvalue weighted by atomic mass is 35.5. The first kappa shape index (κ1) is 28.7. The molecule has 3 N–H and O–H groups in total. The van der Waals surface area contributed by atoms with Crippen molar-refractivity contribution in [2.45, 2.75) is 20.4 Å². The molecular weight excluding hydrogens is 550 g/mol. The number of hydrogen-bond donors (Lipinski definition) is 2. The molecule has 1 fully saturated rings. The minimum atomic E-state index is -0.350. The van der Waals surface area contributed by atoms with Gasteiger partial charge in [0.05, 0.1) is 50.3 Å². The van der Waals surface area contributed by atoms with Crippen LogP contribution in [0.1, 0.15) is 38.4 Å². The van der Waals surface area contributed by atoms with Crippen LogP contribution in [0.15, 0.2) is 18.5 Å². The van der Waals surface area contributed by atoms with Crippen LogP contribution in [-0.4, -0.2) is 89.7 Å². The van der Waals surface area contributed by atoms with Gasteiger partial charge in [-0.1, -0.05) is 11.6 Å². The number of aryl methyl sites for hydroxylation is 1. The second-order valence-electron chi connectivity index (χ2n) is 9.84. The normalized spacial score (nSPS) is 16.4. The first-order chi connectivity index (χ1) is 19.8. The van der Waals surface area contributed by atoms with Gasteiger partial charge in [0.2, 0.25) is 5.95 Å². The zero-order valence-electron chi connectivity index (χ0n) is 23.2. The predicted molar refractivity (Wildman–Crippen MR) is 154 cm³/mol. The third-order valence-corrected chi connectivity index (χ3v) is 7.41. The molecule has 41 heavy (non-hydrogen) atoms. The Morgan fingerprint density at radius 1 is 1.27 bits per heavy atom. The molecule has 0 aliphatic carbocycles. The molecule has 5 heterocycles. The smallest absolute Gasteiger partial charge is 0.260 e. The first-order valence-corrected chi connectivity index (χ1v) is 13.6. The number of nitrogens with two attached hydrogens (primary N) is 1. The Morgan fingerprint density at radius 3 is 2.80 bits per heavy atom. The first-order valence-electron chi connectivity index (χ1n) is 13.2. The van der Waals surface area contributed by atoms with Gasteiger partial charge in [-0.3, -0.25) is 24.4 Å². The molecule has 5 rings (SSSR count). The Bertz CT molecular complexity index is 1500. The average Bonchev–Trinajstić information content (AvgIpc) is 3.52. The van der Waals surface area contributed by atoms with Crippen molar-refractivity contribution in [1.29, 1.82) is 0 Å². The molecule has 1 saturated heterocycles. The number of Topliss-reactive ketones (excluding diaryl/α,β-unsaturated/α-hetero) is 1. The van der Waals surface area contributed by atoms with Gasteiger partial charge in [0.15, 0.2) is 11.6 Å². The van der Waals surface area contributed by atoms with E-state index in [0.717, 1.165) is 30.8 Å². The molecule has 12 nitrogen and oxygen atoms in total. The van der Waals surface area contributed by atoms with Crippen LogP contribution in [0.4, 0.5) is 11.8 Å². The number of carbonyl (C=O) groups excluding carboxylic acids is 2. The van der Waals surface area contributed by atoms with E-state index < -0.39 is 0 Å². The predicted octanol–water partition coefficient (Wildman–Crippen LogP) is 2.68. The summed E-state index contributed by atoms with van der Waals surface area (Å²) in [4.78, 5) is 46.1. The number of nitrogens with zero attached hydrogens (tertiary/aromatic N) is 5. The van der Waals surface area contributed by atoms with Crippen LogP contribution in [0.2, 0.25) is 5.15 Å². The zero-order valence-corrected chi connectivity index (χ0v) is 24.0. The van der Waals surface area contributed by atoms with E-state index in [2.05, 4.69) is 24.8 Å². The lowest BCUT2D eigenvalue weighted by atomic mass is 10.1. The molecule has 13 heteroatoms. The van der Waals surface area contributed by atoms with Gasteiger partial charge in [0.25, 0.3) is 5.91 Å². The van der Waals surface area contributed by atoms with E-state index in [1.807, 2.05) is 13.8 Å². The monoisotopic (exact) mass is 581 g/mol. The van der Waals surface area contributed by atoms with E-state index >= 15 is 0 Å². The molecule has 3 aromatic rings. The van der Waals surface area contributed by atoms with Gasteiger partial charge in [-0.2, -0.15) is 4.98 Å². The summed E-state index contributed by atoms with van der Waals surface area (Å²) in [5.74, 6) is 0.413. The number of pyridine rings is 1. The number of hydrogen-bond acceptors (Lipinski definition) is 10. The number of ketones is 1. The summed E-state index contributed by atoms with van der Waals surface area (Å²) in [6, 6.07) is 1.67. The van der Waals surface area contributed by atoms with Crippen molar-refractivity contribution in [2.75, 3.05) is 63.8 Å². The highest BCUT2D eigenvalue weighted by Gasteiger charge is 2.37. The van der Waals surface area contributed by atoms with E-state index in [4.69, 9.17) is 31.5 Å². The Balaban J connectivity index is 1.34. The van der Waals surface area contributed by atoms with Crippen molar-refractivity contribution in [3.63, 3.8) is 0 Å². The number of nitrogen functional groups attached to an aromatic ring is 1. The van der Waals surface area contributed by atoms with Crippen molar-refractivity contribution in [1.82, 2.24) is 24.8 Å². The molecule has 2 aliphatic heterocycles. The summed E-state index contributed by atoms with van der Waals surface area (Å²) in [6.07, 6.45) is 4.91. The van der Waals surface area contributed by atoms with Crippen LogP contribution in [0.25, 0.3) is 11.6 Å². The van der Waals surface area contributed by atoms with Crippen molar-refractivity contribution in [2.24, 2.45) is 0 Å². The number of amides is 1. The third kappa shape index (κ3) is 6.10. The van der Waals surface area contributed by atoms with Crippen molar-refractivity contribution in [3.05, 3.63) is 57.3 Å². The van der Waals surface area contributed by atoms with E-state index in [9.17, 15) is 9.59 Å². The number of morpholine rings is 1. The summed E-state index contributed by atoms with van der Waals surface area (Å²) < 4.78 is 16.5. The average molecular weight is 582 g/mol. The highest BCUT2D eigenvalue weighted by Crippen LogP contribution is 2.41. The van der Waals surface area contributed by atoms with Gasteiger partial charge in [0, 0.05) is 54.4 Å². The molecular formula is C28H32ClN7O5. The van der Waals surface area contributed by atoms with Crippen LogP contribution in [0.3, 0.4) is 0 Å². The van der Waals surface area contributed by atoms with Gasteiger partial charge in [-0.05, 0) is 26.0 Å². The second-order valence-corrected chi connectivity index (χ2v) is 10.2. The molecule has 1 amide bonds. The largest absolute Gasteiger partial charge is 0.496 e. The van der Waals surface area contributed by atoms with Gasteiger partial charge < -0.3 is 24.9 Å². The quantitative estimate of drug-likeness (QED) is 0.158. The maximum Gasteiger partial charge on any atom is 0.260 e. The second kappa shape index (κ2) is 12.4. The summed E-state index contributed by atoms with van der Waals surface area (Å²) >= 11 is 6.47. The molecule has 0 saturated carbocycles.